The first-order valence-electron chi connectivity index (χ1n) is 6.88. The van der Waals surface area contributed by atoms with E-state index in [1.165, 1.54) is 18.9 Å². The molecule has 1 aromatic carbocycles. The van der Waals surface area contributed by atoms with Gasteiger partial charge in [0.05, 0.1) is 13.2 Å². The van der Waals surface area contributed by atoms with Gasteiger partial charge in [0, 0.05) is 18.2 Å². The zero-order chi connectivity index (χ0) is 13.7. The van der Waals surface area contributed by atoms with Crippen LogP contribution in [0.25, 0.3) is 0 Å². The Kier molecular flexibility index (Phi) is 5.11. The van der Waals surface area contributed by atoms with Crippen molar-refractivity contribution in [1.82, 2.24) is 5.32 Å². The van der Waals surface area contributed by atoms with Crippen molar-refractivity contribution in [1.29, 1.82) is 0 Å². The van der Waals surface area contributed by atoms with Gasteiger partial charge in [-0.3, -0.25) is 0 Å². The molecule has 1 N–H and O–H groups in total. The molecule has 0 saturated heterocycles. The highest BCUT2D eigenvalue weighted by atomic mass is 19.1. The third-order valence-electron chi connectivity index (χ3n) is 3.21. The molecule has 0 atom stereocenters. The second-order valence-electron chi connectivity index (χ2n) is 5.34. The highest BCUT2D eigenvalue weighted by Crippen LogP contribution is 2.20. The molecule has 0 bridgehead atoms. The third kappa shape index (κ3) is 5.13. The monoisotopic (exact) mass is 263 g/mol. The predicted octanol–water partition coefficient (Wildman–Crippen LogP) is 3.56. The van der Waals surface area contributed by atoms with Gasteiger partial charge in [-0.15, -0.1) is 6.58 Å². The molecule has 0 heterocycles. The van der Waals surface area contributed by atoms with Crippen molar-refractivity contribution in [3.05, 3.63) is 47.3 Å². The van der Waals surface area contributed by atoms with E-state index in [0.29, 0.717) is 24.8 Å². The first-order valence-corrected chi connectivity index (χ1v) is 6.88. The summed E-state index contributed by atoms with van der Waals surface area (Å²) in [6.07, 6.45) is 3.35. The summed E-state index contributed by atoms with van der Waals surface area (Å²) in [5, 5.41) is 3.43. The molecule has 0 radical (unpaired) electrons. The zero-order valence-electron chi connectivity index (χ0n) is 11.5. The van der Waals surface area contributed by atoms with Gasteiger partial charge >= 0.3 is 0 Å². The van der Waals surface area contributed by atoms with E-state index in [1.54, 1.807) is 0 Å². The van der Waals surface area contributed by atoms with Gasteiger partial charge in [0.15, 0.2) is 0 Å². The normalized spacial score (nSPS) is 14.6. The number of hydrogen-bond donors (Lipinski definition) is 1. The maximum absolute atomic E-state index is 13.6. The van der Waals surface area contributed by atoms with E-state index in [4.69, 9.17) is 4.74 Å². The summed E-state index contributed by atoms with van der Waals surface area (Å²) in [7, 11) is 0. The minimum absolute atomic E-state index is 0.189. The van der Waals surface area contributed by atoms with E-state index in [1.807, 2.05) is 19.1 Å². The first kappa shape index (κ1) is 14.2. The summed E-state index contributed by atoms with van der Waals surface area (Å²) in [6.45, 7) is 7.52. The largest absolute Gasteiger partial charge is 0.376 e. The number of ether oxygens (including phenoxy) is 1. The SMILES string of the molecule is C=C(C)CCOCc1cc(CNC2CC2)ccc1F. The van der Waals surface area contributed by atoms with Crippen LogP contribution in [0, 0.1) is 5.82 Å². The van der Waals surface area contributed by atoms with Crippen LogP contribution in [-0.4, -0.2) is 12.6 Å². The van der Waals surface area contributed by atoms with Gasteiger partial charge in [-0.05, 0) is 43.9 Å². The van der Waals surface area contributed by atoms with Gasteiger partial charge in [0.2, 0.25) is 0 Å². The lowest BCUT2D eigenvalue weighted by Gasteiger charge is -2.09. The Morgan fingerprint density at radius 1 is 1.47 bits per heavy atom. The van der Waals surface area contributed by atoms with Gasteiger partial charge in [-0.2, -0.15) is 0 Å². The van der Waals surface area contributed by atoms with Gasteiger partial charge in [-0.25, -0.2) is 4.39 Å². The van der Waals surface area contributed by atoms with Crippen LogP contribution in [0.4, 0.5) is 4.39 Å². The van der Waals surface area contributed by atoms with Crippen molar-refractivity contribution in [2.24, 2.45) is 0 Å². The number of rotatable bonds is 8. The molecule has 2 nitrogen and oxygen atoms in total. The Bertz CT molecular complexity index is 440. The molecule has 1 saturated carbocycles. The molecule has 0 unspecified atom stereocenters. The average Bonchev–Trinajstić information content (AvgIpc) is 3.18. The molecule has 2 rings (SSSR count). The lowest BCUT2D eigenvalue weighted by Crippen LogP contribution is -2.15. The lowest BCUT2D eigenvalue weighted by molar-refractivity contribution is 0.121. The Labute approximate surface area is 114 Å². The fourth-order valence-corrected chi connectivity index (χ4v) is 1.83. The average molecular weight is 263 g/mol. The van der Waals surface area contributed by atoms with E-state index in [2.05, 4.69) is 11.9 Å². The minimum Gasteiger partial charge on any atom is -0.376 e. The number of hydrogen-bond acceptors (Lipinski definition) is 2. The van der Waals surface area contributed by atoms with Crippen molar-refractivity contribution in [2.75, 3.05) is 6.61 Å². The quantitative estimate of drug-likeness (QED) is 0.572. The molecule has 0 spiro atoms. The molecule has 0 aromatic heterocycles. The Morgan fingerprint density at radius 2 is 2.26 bits per heavy atom. The lowest BCUT2D eigenvalue weighted by atomic mass is 10.1. The summed E-state index contributed by atoms with van der Waals surface area (Å²) in [4.78, 5) is 0. The highest BCUT2D eigenvalue weighted by molar-refractivity contribution is 5.24. The fraction of sp³-hybridized carbons (Fsp3) is 0.500. The van der Waals surface area contributed by atoms with Gasteiger partial charge < -0.3 is 10.1 Å². The standard InChI is InChI=1S/C16H22FNO/c1-12(2)7-8-19-11-14-9-13(3-6-16(14)17)10-18-15-4-5-15/h3,6,9,15,18H,1,4-5,7-8,10-11H2,2H3. The second-order valence-corrected chi connectivity index (χ2v) is 5.34. The van der Waals surface area contributed by atoms with E-state index >= 15 is 0 Å². The maximum atomic E-state index is 13.6. The molecule has 1 aliphatic carbocycles. The summed E-state index contributed by atoms with van der Waals surface area (Å²) in [5.74, 6) is -0.189. The van der Waals surface area contributed by atoms with Crippen LogP contribution in [0.15, 0.2) is 30.4 Å². The Balaban J connectivity index is 1.82. The van der Waals surface area contributed by atoms with E-state index < -0.39 is 0 Å². The topological polar surface area (TPSA) is 21.3 Å². The van der Waals surface area contributed by atoms with E-state index in [0.717, 1.165) is 24.1 Å². The summed E-state index contributed by atoms with van der Waals surface area (Å²) >= 11 is 0. The number of nitrogens with one attached hydrogen (secondary N) is 1. The molecule has 0 aliphatic heterocycles. The molecule has 1 aliphatic rings. The van der Waals surface area contributed by atoms with Crippen molar-refractivity contribution >= 4 is 0 Å². The molecule has 104 valence electrons. The van der Waals surface area contributed by atoms with Crippen LogP contribution in [-0.2, 0) is 17.9 Å². The molecule has 1 fully saturated rings. The van der Waals surface area contributed by atoms with Crippen molar-refractivity contribution in [3.8, 4) is 0 Å². The Morgan fingerprint density at radius 3 is 2.95 bits per heavy atom. The molecule has 19 heavy (non-hydrogen) atoms. The summed E-state index contributed by atoms with van der Waals surface area (Å²) in [6, 6.07) is 5.93. The van der Waals surface area contributed by atoms with Crippen LogP contribution in [0.2, 0.25) is 0 Å². The van der Waals surface area contributed by atoms with Crippen LogP contribution >= 0.6 is 0 Å². The highest BCUT2D eigenvalue weighted by Gasteiger charge is 2.20. The van der Waals surface area contributed by atoms with Crippen LogP contribution < -0.4 is 5.32 Å². The predicted molar refractivity (Wildman–Crippen MR) is 75.3 cm³/mol. The maximum Gasteiger partial charge on any atom is 0.128 e. The van der Waals surface area contributed by atoms with Crippen molar-refractivity contribution < 1.29 is 9.13 Å². The van der Waals surface area contributed by atoms with Crippen LogP contribution in [0.1, 0.15) is 37.3 Å². The molecular formula is C16H22FNO. The van der Waals surface area contributed by atoms with Gasteiger partial charge in [0.1, 0.15) is 5.82 Å². The minimum atomic E-state index is -0.189. The smallest absolute Gasteiger partial charge is 0.128 e. The van der Waals surface area contributed by atoms with Crippen molar-refractivity contribution in [3.63, 3.8) is 0 Å². The van der Waals surface area contributed by atoms with Crippen LogP contribution in [0.5, 0.6) is 0 Å². The van der Waals surface area contributed by atoms with Gasteiger partial charge in [-0.1, -0.05) is 11.6 Å². The summed E-state index contributed by atoms with van der Waals surface area (Å²) < 4.78 is 19.1. The molecule has 0 amide bonds. The summed E-state index contributed by atoms with van der Waals surface area (Å²) in [5.41, 5.74) is 2.84. The number of halogens is 1. The molecular weight excluding hydrogens is 241 g/mol. The third-order valence-corrected chi connectivity index (χ3v) is 3.21. The van der Waals surface area contributed by atoms with Crippen molar-refractivity contribution in [2.45, 2.75) is 45.4 Å². The fourth-order valence-electron chi connectivity index (χ4n) is 1.83. The molecule has 3 heteroatoms. The molecule has 1 aromatic rings. The van der Waals surface area contributed by atoms with Gasteiger partial charge in [0.25, 0.3) is 0 Å². The Hall–Kier alpha value is -1.19. The number of benzene rings is 1. The zero-order valence-corrected chi connectivity index (χ0v) is 11.5. The second kappa shape index (κ2) is 6.83. The van der Waals surface area contributed by atoms with E-state index in [-0.39, 0.29) is 5.82 Å². The van der Waals surface area contributed by atoms with Crippen LogP contribution in [0.3, 0.4) is 0 Å². The van der Waals surface area contributed by atoms with E-state index in [9.17, 15) is 4.39 Å². The first-order chi connectivity index (χ1) is 9.15.